The largest absolute Gasteiger partial charge is 0.497 e. The molecule has 20 heavy (non-hydrogen) atoms. The molecule has 2 rings (SSSR count). The minimum atomic E-state index is -0.477. The van der Waals surface area contributed by atoms with E-state index in [1.54, 1.807) is 7.11 Å². The Balaban J connectivity index is 1.84. The van der Waals surface area contributed by atoms with Crippen LogP contribution in [0.25, 0.3) is 0 Å². The summed E-state index contributed by atoms with van der Waals surface area (Å²) >= 11 is 0. The summed E-state index contributed by atoms with van der Waals surface area (Å²) in [6, 6.07) is 15.8. The van der Waals surface area contributed by atoms with E-state index < -0.39 is 6.10 Å². The maximum absolute atomic E-state index is 10.2. The molecule has 2 aromatic rings. The molecule has 0 fully saturated rings. The van der Waals surface area contributed by atoms with E-state index in [0.717, 1.165) is 23.4 Å². The van der Waals surface area contributed by atoms with Crippen molar-refractivity contribution >= 4 is 0 Å². The van der Waals surface area contributed by atoms with Gasteiger partial charge in [0.25, 0.3) is 0 Å². The zero-order valence-electron chi connectivity index (χ0n) is 12.0. The molecular weight excluding hydrogens is 250 g/mol. The van der Waals surface area contributed by atoms with Gasteiger partial charge in [-0.05, 0) is 35.7 Å². The summed E-state index contributed by atoms with van der Waals surface area (Å²) in [5.41, 5.74) is 3.27. The molecule has 2 aromatic carbocycles. The first-order valence-corrected chi connectivity index (χ1v) is 6.78. The summed E-state index contributed by atoms with van der Waals surface area (Å²) in [7, 11) is 1.66. The molecule has 3 heteroatoms. The van der Waals surface area contributed by atoms with Crippen LogP contribution < -0.4 is 10.1 Å². The molecule has 0 saturated carbocycles. The highest BCUT2D eigenvalue weighted by molar-refractivity contribution is 5.28. The molecule has 0 aliphatic rings. The Morgan fingerprint density at radius 3 is 2.45 bits per heavy atom. The van der Waals surface area contributed by atoms with E-state index in [4.69, 9.17) is 4.74 Å². The van der Waals surface area contributed by atoms with Crippen molar-refractivity contribution in [1.82, 2.24) is 5.32 Å². The van der Waals surface area contributed by atoms with Gasteiger partial charge < -0.3 is 15.2 Å². The maximum Gasteiger partial charge on any atom is 0.118 e. The standard InChI is InChI=1S/C17H21NO2/c1-13-5-3-4-6-16(13)17(19)12-18-11-14-7-9-15(20-2)10-8-14/h3-10,17-19H,11-12H2,1-2H3. The quantitative estimate of drug-likeness (QED) is 0.849. The number of benzene rings is 2. The van der Waals surface area contributed by atoms with E-state index in [9.17, 15) is 5.11 Å². The minimum Gasteiger partial charge on any atom is -0.497 e. The van der Waals surface area contributed by atoms with Crippen LogP contribution in [0.1, 0.15) is 22.8 Å². The zero-order valence-corrected chi connectivity index (χ0v) is 12.0. The predicted octanol–water partition coefficient (Wildman–Crippen LogP) is 2.83. The van der Waals surface area contributed by atoms with E-state index in [1.165, 1.54) is 5.56 Å². The fourth-order valence-electron chi connectivity index (χ4n) is 2.17. The third-order valence-corrected chi connectivity index (χ3v) is 3.37. The molecule has 0 amide bonds. The molecule has 0 aromatic heterocycles. The molecular formula is C17H21NO2. The van der Waals surface area contributed by atoms with Crippen LogP contribution in [0, 0.1) is 6.92 Å². The number of aliphatic hydroxyl groups excluding tert-OH is 1. The summed E-state index contributed by atoms with van der Waals surface area (Å²) in [5.74, 6) is 0.855. The smallest absolute Gasteiger partial charge is 0.118 e. The van der Waals surface area contributed by atoms with Gasteiger partial charge in [-0.15, -0.1) is 0 Å². The first-order chi connectivity index (χ1) is 9.70. The lowest BCUT2D eigenvalue weighted by atomic mass is 10.0. The monoisotopic (exact) mass is 271 g/mol. The predicted molar refractivity (Wildman–Crippen MR) is 80.8 cm³/mol. The number of aryl methyl sites for hydroxylation is 1. The number of ether oxygens (including phenoxy) is 1. The van der Waals surface area contributed by atoms with Crippen LogP contribution in [0.2, 0.25) is 0 Å². The van der Waals surface area contributed by atoms with Crippen molar-refractivity contribution in [3.63, 3.8) is 0 Å². The Morgan fingerprint density at radius 2 is 1.80 bits per heavy atom. The molecule has 0 bridgehead atoms. The van der Waals surface area contributed by atoms with Gasteiger partial charge in [0.2, 0.25) is 0 Å². The van der Waals surface area contributed by atoms with Crippen LogP contribution in [0.15, 0.2) is 48.5 Å². The second-order valence-electron chi connectivity index (χ2n) is 4.85. The third kappa shape index (κ3) is 3.83. The average Bonchev–Trinajstić information content (AvgIpc) is 2.48. The Bertz CT molecular complexity index is 537. The van der Waals surface area contributed by atoms with Gasteiger partial charge in [0.1, 0.15) is 5.75 Å². The molecule has 0 heterocycles. The van der Waals surface area contributed by atoms with Gasteiger partial charge in [0.15, 0.2) is 0 Å². The van der Waals surface area contributed by atoms with Gasteiger partial charge in [-0.3, -0.25) is 0 Å². The molecule has 1 atom stereocenters. The van der Waals surface area contributed by atoms with Crippen molar-refractivity contribution < 1.29 is 9.84 Å². The average molecular weight is 271 g/mol. The highest BCUT2D eigenvalue weighted by Crippen LogP contribution is 2.16. The molecule has 1 unspecified atom stereocenters. The number of hydrogen-bond acceptors (Lipinski definition) is 3. The molecule has 0 spiro atoms. The number of nitrogens with one attached hydrogen (secondary N) is 1. The molecule has 2 N–H and O–H groups in total. The summed E-state index contributed by atoms with van der Waals surface area (Å²) < 4.78 is 5.12. The second-order valence-corrected chi connectivity index (χ2v) is 4.85. The van der Waals surface area contributed by atoms with Gasteiger partial charge in [-0.25, -0.2) is 0 Å². The van der Waals surface area contributed by atoms with Gasteiger partial charge in [-0.1, -0.05) is 36.4 Å². The van der Waals surface area contributed by atoms with Crippen molar-refractivity contribution in [3.8, 4) is 5.75 Å². The van der Waals surface area contributed by atoms with Crippen LogP contribution >= 0.6 is 0 Å². The van der Waals surface area contributed by atoms with Crippen molar-refractivity contribution in [3.05, 3.63) is 65.2 Å². The number of rotatable bonds is 6. The molecule has 0 aliphatic carbocycles. The first kappa shape index (κ1) is 14.6. The number of hydrogen-bond donors (Lipinski definition) is 2. The van der Waals surface area contributed by atoms with Crippen molar-refractivity contribution in [2.24, 2.45) is 0 Å². The second kappa shape index (κ2) is 7.08. The fraction of sp³-hybridized carbons (Fsp3) is 0.294. The van der Waals surface area contributed by atoms with Crippen molar-refractivity contribution in [1.29, 1.82) is 0 Å². The molecule has 0 aliphatic heterocycles. The lowest BCUT2D eigenvalue weighted by molar-refractivity contribution is 0.173. The summed E-state index contributed by atoms with van der Waals surface area (Å²) in [5, 5.41) is 13.5. The van der Waals surface area contributed by atoms with E-state index >= 15 is 0 Å². The Kier molecular flexibility index (Phi) is 5.16. The fourth-order valence-corrected chi connectivity index (χ4v) is 2.17. The first-order valence-electron chi connectivity index (χ1n) is 6.78. The summed E-state index contributed by atoms with van der Waals surface area (Å²) in [6.45, 7) is 3.28. The third-order valence-electron chi connectivity index (χ3n) is 3.37. The van der Waals surface area contributed by atoms with Crippen LogP contribution in [0.5, 0.6) is 5.75 Å². The highest BCUT2D eigenvalue weighted by Gasteiger charge is 2.08. The van der Waals surface area contributed by atoms with Crippen LogP contribution in [-0.4, -0.2) is 18.8 Å². The summed E-state index contributed by atoms with van der Waals surface area (Å²) in [6.07, 6.45) is -0.477. The normalized spacial score (nSPS) is 12.2. The lowest BCUT2D eigenvalue weighted by Gasteiger charge is -2.14. The minimum absolute atomic E-state index is 0.477. The van der Waals surface area contributed by atoms with E-state index in [1.807, 2.05) is 55.5 Å². The van der Waals surface area contributed by atoms with E-state index in [2.05, 4.69) is 5.32 Å². The molecule has 106 valence electrons. The van der Waals surface area contributed by atoms with Gasteiger partial charge >= 0.3 is 0 Å². The zero-order chi connectivity index (χ0) is 14.4. The number of methoxy groups -OCH3 is 1. The molecule has 0 saturated heterocycles. The van der Waals surface area contributed by atoms with Gasteiger partial charge in [-0.2, -0.15) is 0 Å². The van der Waals surface area contributed by atoms with Gasteiger partial charge in [0.05, 0.1) is 13.2 Å². The highest BCUT2D eigenvalue weighted by atomic mass is 16.5. The van der Waals surface area contributed by atoms with Crippen molar-refractivity contribution in [2.45, 2.75) is 19.6 Å². The van der Waals surface area contributed by atoms with E-state index in [0.29, 0.717) is 6.54 Å². The van der Waals surface area contributed by atoms with Crippen LogP contribution in [0.4, 0.5) is 0 Å². The molecule has 0 radical (unpaired) electrons. The van der Waals surface area contributed by atoms with Crippen molar-refractivity contribution in [2.75, 3.05) is 13.7 Å². The van der Waals surface area contributed by atoms with Crippen LogP contribution in [0.3, 0.4) is 0 Å². The van der Waals surface area contributed by atoms with Crippen LogP contribution in [-0.2, 0) is 6.54 Å². The Labute approximate surface area is 120 Å². The van der Waals surface area contributed by atoms with Gasteiger partial charge in [0, 0.05) is 13.1 Å². The maximum atomic E-state index is 10.2. The number of aliphatic hydroxyl groups is 1. The Morgan fingerprint density at radius 1 is 1.10 bits per heavy atom. The van der Waals surface area contributed by atoms with E-state index in [-0.39, 0.29) is 0 Å². The SMILES string of the molecule is COc1ccc(CNCC(O)c2ccccc2C)cc1. The lowest BCUT2D eigenvalue weighted by Crippen LogP contribution is -2.21. The summed E-state index contributed by atoms with van der Waals surface area (Å²) in [4.78, 5) is 0. The topological polar surface area (TPSA) is 41.5 Å². The Hall–Kier alpha value is -1.84. The molecule has 3 nitrogen and oxygen atoms in total.